The van der Waals surface area contributed by atoms with E-state index in [9.17, 15) is 14.0 Å². The van der Waals surface area contributed by atoms with Crippen molar-refractivity contribution in [1.82, 2.24) is 20.4 Å². The summed E-state index contributed by atoms with van der Waals surface area (Å²) >= 11 is 0. The SMILES string of the molecule is Cn1cc([C@H]2CNC[C@@H]2C(=O)NCC(=O)Nc2ccc(F)cc2)cn1. The molecule has 132 valence electrons. The van der Waals surface area contributed by atoms with Crippen LogP contribution in [0.15, 0.2) is 36.7 Å². The van der Waals surface area contributed by atoms with E-state index < -0.39 is 0 Å². The molecule has 25 heavy (non-hydrogen) atoms. The quantitative estimate of drug-likeness (QED) is 0.741. The molecule has 1 saturated heterocycles. The topological polar surface area (TPSA) is 88.0 Å². The number of hydrogen-bond donors (Lipinski definition) is 3. The summed E-state index contributed by atoms with van der Waals surface area (Å²) in [6.45, 7) is 1.13. The van der Waals surface area contributed by atoms with Gasteiger partial charge in [0.25, 0.3) is 0 Å². The molecule has 3 N–H and O–H groups in total. The first-order chi connectivity index (χ1) is 12.0. The van der Waals surface area contributed by atoms with Gasteiger partial charge in [-0.05, 0) is 29.8 Å². The fraction of sp³-hybridized carbons (Fsp3) is 0.353. The van der Waals surface area contributed by atoms with E-state index in [1.807, 2.05) is 13.2 Å². The molecule has 1 aliphatic heterocycles. The molecular formula is C17H20FN5O2. The smallest absolute Gasteiger partial charge is 0.243 e. The number of benzene rings is 1. The predicted molar refractivity (Wildman–Crippen MR) is 90.3 cm³/mol. The molecule has 0 bridgehead atoms. The minimum atomic E-state index is -0.374. The number of aromatic nitrogens is 2. The highest BCUT2D eigenvalue weighted by Crippen LogP contribution is 2.27. The Hall–Kier alpha value is -2.74. The minimum Gasteiger partial charge on any atom is -0.347 e. The summed E-state index contributed by atoms with van der Waals surface area (Å²) in [6, 6.07) is 5.45. The van der Waals surface area contributed by atoms with Gasteiger partial charge < -0.3 is 16.0 Å². The molecule has 2 amide bonds. The highest BCUT2D eigenvalue weighted by molar-refractivity contribution is 5.95. The number of rotatable bonds is 5. The molecule has 0 radical (unpaired) electrons. The van der Waals surface area contributed by atoms with Gasteiger partial charge in [-0.15, -0.1) is 0 Å². The molecule has 3 rings (SSSR count). The summed E-state index contributed by atoms with van der Waals surface area (Å²) < 4.78 is 14.6. The number of halogens is 1. The van der Waals surface area contributed by atoms with Gasteiger partial charge in [0.1, 0.15) is 5.82 Å². The lowest BCUT2D eigenvalue weighted by Crippen LogP contribution is -2.39. The van der Waals surface area contributed by atoms with Crippen LogP contribution in [0.2, 0.25) is 0 Å². The third kappa shape index (κ3) is 4.21. The number of nitrogens with zero attached hydrogens (tertiary/aromatic N) is 2. The van der Waals surface area contributed by atoms with Gasteiger partial charge in [-0.1, -0.05) is 0 Å². The van der Waals surface area contributed by atoms with Gasteiger partial charge in [0.2, 0.25) is 11.8 Å². The van der Waals surface area contributed by atoms with Crippen molar-refractivity contribution >= 4 is 17.5 Å². The molecule has 0 aliphatic carbocycles. The Morgan fingerprint density at radius 2 is 2.08 bits per heavy atom. The van der Waals surface area contributed by atoms with Crippen LogP contribution in [0.5, 0.6) is 0 Å². The van der Waals surface area contributed by atoms with E-state index in [2.05, 4.69) is 21.0 Å². The Labute approximate surface area is 144 Å². The maximum absolute atomic E-state index is 12.8. The molecule has 1 fully saturated rings. The molecule has 1 aromatic carbocycles. The summed E-state index contributed by atoms with van der Waals surface area (Å²) in [5, 5.41) is 12.6. The van der Waals surface area contributed by atoms with Gasteiger partial charge in [0.15, 0.2) is 0 Å². The first-order valence-electron chi connectivity index (χ1n) is 8.05. The molecule has 0 spiro atoms. The summed E-state index contributed by atoms with van der Waals surface area (Å²) in [5.41, 5.74) is 1.49. The van der Waals surface area contributed by atoms with E-state index in [-0.39, 0.29) is 36.0 Å². The number of amides is 2. The first-order valence-corrected chi connectivity index (χ1v) is 8.05. The van der Waals surface area contributed by atoms with E-state index in [4.69, 9.17) is 0 Å². The summed E-state index contributed by atoms with van der Waals surface area (Å²) in [5.74, 6) is -1.12. The molecule has 8 heteroatoms. The van der Waals surface area contributed by atoms with E-state index >= 15 is 0 Å². The first kappa shape index (κ1) is 17.1. The summed E-state index contributed by atoms with van der Waals surface area (Å²) in [6.07, 6.45) is 3.67. The molecular weight excluding hydrogens is 325 g/mol. The van der Waals surface area contributed by atoms with E-state index in [0.29, 0.717) is 18.8 Å². The standard InChI is InChI=1S/C17H20FN5O2/c1-23-10-11(6-21-23)14-7-19-8-15(14)17(25)20-9-16(24)22-13-4-2-12(18)3-5-13/h2-6,10,14-15,19H,7-9H2,1H3,(H,20,25)(H,22,24)/t14-,15+/m1/s1. The van der Waals surface area contributed by atoms with Crippen LogP contribution in [0.4, 0.5) is 10.1 Å². The number of carbonyl (C=O) groups is 2. The summed E-state index contributed by atoms with van der Waals surface area (Å²) in [4.78, 5) is 24.4. The number of aryl methyl sites for hydroxylation is 1. The Balaban J connectivity index is 1.53. The van der Waals surface area contributed by atoms with Crippen molar-refractivity contribution in [2.75, 3.05) is 25.0 Å². The lowest BCUT2D eigenvalue weighted by molar-refractivity contribution is -0.127. The molecule has 0 unspecified atom stereocenters. The van der Waals surface area contributed by atoms with Crippen molar-refractivity contribution in [3.63, 3.8) is 0 Å². The van der Waals surface area contributed by atoms with Crippen molar-refractivity contribution in [2.24, 2.45) is 13.0 Å². The van der Waals surface area contributed by atoms with Crippen molar-refractivity contribution in [1.29, 1.82) is 0 Å². The molecule has 2 atom stereocenters. The van der Waals surface area contributed by atoms with E-state index in [1.54, 1.807) is 10.9 Å². The number of anilines is 1. The van der Waals surface area contributed by atoms with Gasteiger partial charge in [-0.3, -0.25) is 14.3 Å². The predicted octanol–water partition coefficient (Wildman–Crippen LogP) is 0.617. The Morgan fingerprint density at radius 1 is 1.32 bits per heavy atom. The van der Waals surface area contributed by atoms with Crippen LogP contribution in [-0.4, -0.2) is 41.2 Å². The molecule has 0 saturated carbocycles. The number of hydrogen-bond acceptors (Lipinski definition) is 4. The van der Waals surface area contributed by atoms with E-state index in [0.717, 1.165) is 5.56 Å². The molecule has 7 nitrogen and oxygen atoms in total. The van der Waals surface area contributed by atoms with Gasteiger partial charge in [-0.25, -0.2) is 4.39 Å². The zero-order chi connectivity index (χ0) is 17.8. The second-order valence-corrected chi connectivity index (χ2v) is 6.09. The average molecular weight is 345 g/mol. The van der Waals surface area contributed by atoms with Crippen molar-refractivity contribution in [2.45, 2.75) is 5.92 Å². The number of nitrogens with one attached hydrogen (secondary N) is 3. The molecule has 2 heterocycles. The third-order valence-electron chi connectivity index (χ3n) is 4.26. The highest BCUT2D eigenvalue weighted by Gasteiger charge is 2.34. The third-order valence-corrected chi connectivity index (χ3v) is 4.26. The maximum atomic E-state index is 12.8. The van der Waals surface area contributed by atoms with E-state index in [1.165, 1.54) is 24.3 Å². The van der Waals surface area contributed by atoms with Crippen LogP contribution in [0.3, 0.4) is 0 Å². The fourth-order valence-electron chi connectivity index (χ4n) is 2.97. The maximum Gasteiger partial charge on any atom is 0.243 e. The second-order valence-electron chi connectivity index (χ2n) is 6.09. The van der Waals surface area contributed by atoms with Crippen LogP contribution in [0.25, 0.3) is 0 Å². The van der Waals surface area contributed by atoms with Crippen LogP contribution in [-0.2, 0) is 16.6 Å². The van der Waals surface area contributed by atoms with Crippen LogP contribution in [0.1, 0.15) is 11.5 Å². The van der Waals surface area contributed by atoms with Gasteiger partial charge >= 0.3 is 0 Å². The zero-order valence-electron chi connectivity index (χ0n) is 13.8. The summed E-state index contributed by atoms with van der Waals surface area (Å²) in [7, 11) is 1.83. The molecule has 1 aromatic heterocycles. The Bertz CT molecular complexity index is 759. The molecule has 1 aliphatic rings. The van der Waals surface area contributed by atoms with Gasteiger partial charge in [0, 0.05) is 37.9 Å². The number of carbonyl (C=O) groups excluding carboxylic acids is 2. The largest absolute Gasteiger partial charge is 0.347 e. The monoisotopic (exact) mass is 345 g/mol. The molecule has 2 aromatic rings. The Kier molecular flexibility index (Phi) is 5.08. The highest BCUT2D eigenvalue weighted by atomic mass is 19.1. The minimum absolute atomic E-state index is 0.0360. The van der Waals surface area contributed by atoms with Gasteiger partial charge in [-0.2, -0.15) is 5.10 Å². The van der Waals surface area contributed by atoms with Crippen molar-refractivity contribution in [3.05, 3.63) is 48.0 Å². The zero-order valence-corrected chi connectivity index (χ0v) is 13.8. The lowest BCUT2D eigenvalue weighted by atomic mass is 9.90. The fourth-order valence-corrected chi connectivity index (χ4v) is 2.97. The van der Waals surface area contributed by atoms with Gasteiger partial charge in [0.05, 0.1) is 18.7 Å². The van der Waals surface area contributed by atoms with Crippen LogP contribution >= 0.6 is 0 Å². The second kappa shape index (κ2) is 7.43. The van der Waals surface area contributed by atoms with Crippen molar-refractivity contribution < 1.29 is 14.0 Å². The normalized spacial score (nSPS) is 19.6. The lowest BCUT2D eigenvalue weighted by Gasteiger charge is -2.17. The average Bonchev–Trinajstić information content (AvgIpc) is 3.23. The van der Waals surface area contributed by atoms with Crippen LogP contribution < -0.4 is 16.0 Å². The Morgan fingerprint density at radius 3 is 2.76 bits per heavy atom. The van der Waals surface area contributed by atoms with Crippen LogP contribution in [0, 0.1) is 11.7 Å². The van der Waals surface area contributed by atoms with Crippen molar-refractivity contribution in [3.8, 4) is 0 Å².